The van der Waals surface area contributed by atoms with Gasteiger partial charge in [0.15, 0.2) is 0 Å². The lowest BCUT2D eigenvalue weighted by Gasteiger charge is -2.29. The molecule has 4 heterocycles. The van der Waals surface area contributed by atoms with Crippen molar-refractivity contribution in [2.45, 2.75) is 164 Å². The first-order valence-electron chi connectivity index (χ1n) is 39.0. The Morgan fingerprint density at radius 1 is 0.510 bits per heavy atom. The number of hydrogen-bond donors (Lipinski definition) is 13. The van der Waals surface area contributed by atoms with E-state index in [4.69, 9.17) is 86.0 Å². The van der Waals surface area contributed by atoms with E-state index >= 15 is 0 Å². The van der Waals surface area contributed by atoms with E-state index in [1.165, 1.54) is 71.2 Å². The molecule has 0 aliphatic carbocycles. The van der Waals surface area contributed by atoms with Crippen LogP contribution in [0.15, 0.2) is 0 Å². The maximum atomic E-state index is 5.65. The lowest BCUT2D eigenvalue weighted by molar-refractivity contribution is 0.0502. The highest BCUT2D eigenvalue weighted by molar-refractivity contribution is 7.98. The Bertz CT molecular complexity index is 1330. The molecule has 1 unspecified atom stereocenters. The molecule has 0 saturated carbocycles. The van der Waals surface area contributed by atoms with Crippen LogP contribution in [0.2, 0.25) is 18.6 Å². The number of rotatable bonds is 39. The molecular weight excluding hydrogens is 1330 g/mol. The van der Waals surface area contributed by atoms with Gasteiger partial charge in [-0.2, -0.15) is 11.8 Å². The van der Waals surface area contributed by atoms with Crippen molar-refractivity contribution in [2.24, 2.45) is 40.1 Å². The van der Waals surface area contributed by atoms with E-state index in [0.717, 1.165) is 214 Å². The Morgan fingerprint density at radius 3 is 1.27 bits per heavy atom. The summed E-state index contributed by atoms with van der Waals surface area (Å²) < 4.78 is 54.8. The molecule has 4 aliphatic heterocycles. The molecule has 100 heavy (non-hydrogen) atoms. The van der Waals surface area contributed by atoms with E-state index in [1.54, 1.807) is 11.8 Å². The number of nitrogens with one attached hydrogen (secondary N) is 6. The fourth-order valence-electron chi connectivity index (χ4n) is 10.1. The van der Waals surface area contributed by atoms with Crippen molar-refractivity contribution in [3.63, 3.8) is 0 Å². The number of thioether (sulfide) groups is 1. The minimum absolute atomic E-state index is 0.614. The Kier molecular flexibility index (Phi) is 103. The summed E-state index contributed by atoms with van der Waals surface area (Å²) in [6, 6.07) is 3.84. The van der Waals surface area contributed by atoms with Gasteiger partial charge in [0.2, 0.25) is 0 Å². The highest BCUT2D eigenvalue weighted by atomic mass is 32.2. The summed E-state index contributed by atoms with van der Waals surface area (Å²) in [5.74, 6) is 1.08. The van der Waals surface area contributed by atoms with Crippen molar-refractivity contribution in [1.29, 1.82) is 0 Å². The molecule has 0 aromatic heterocycles. The molecule has 1 atom stereocenters. The number of hydrogen-bond acceptors (Lipinski definition) is 28. The summed E-state index contributed by atoms with van der Waals surface area (Å²) in [4.78, 5) is 9.52. The van der Waals surface area contributed by atoms with E-state index in [-0.39, 0.29) is 0 Å². The highest BCUT2D eigenvalue weighted by Gasteiger charge is 2.39. The number of ether oxygens (including phenoxy) is 5. The summed E-state index contributed by atoms with van der Waals surface area (Å²) in [6.07, 6.45) is 11.9. The third-order valence-electron chi connectivity index (χ3n) is 15.3. The molecule has 4 fully saturated rings. The zero-order valence-corrected chi connectivity index (χ0v) is 70.9. The first-order chi connectivity index (χ1) is 48.5. The van der Waals surface area contributed by atoms with E-state index in [2.05, 4.69) is 107 Å². The van der Waals surface area contributed by atoms with Crippen LogP contribution in [-0.2, 0) is 45.8 Å². The normalized spacial score (nSPS) is 16.5. The van der Waals surface area contributed by atoms with Gasteiger partial charge in [0.05, 0.1) is 66.1 Å². The predicted molar refractivity (Wildman–Crippen MR) is 435 cm³/mol. The molecule has 0 radical (unpaired) electrons. The quantitative estimate of drug-likeness (QED) is 0.0310. The Labute approximate surface area is 623 Å². The Morgan fingerprint density at radius 2 is 0.950 bits per heavy atom. The van der Waals surface area contributed by atoms with Crippen LogP contribution in [0.4, 0.5) is 0 Å². The van der Waals surface area contributed by atoms with Gasteiger partial charge >= 0.3 is 17.4 Å². The number of likely N-dealkylation sites (tertiary alicyclic amines) is 2. The van der Waals surface area contributed by atoms with Crippen LogP contribution in [0, 0.1) is 0 Å². The maximum absolute atomic E-state index is 5.65. The zero-order valence-electron chi connectivity index (χ0n) is 68.1. The molecule has 30 heteroatoms. The smallest absolute Gasteiger partial charge is 0.395 e. The minimum atomic E-state index is -2.40. The topological polar surface area (TPSA) is 360 Å². The van der Waals surface area contributed by atoms with Crippen molar-refractivity contribution in [2.75, 3.05) is 296 Å². The van der Waals surface area contributed by atoms with Gasteiger partial charge in [-0.15, -0.1) is 0 Å². The Balaban J connectivity index is -0.000000248. The van der Waals surface area contributed by atoms with Gasteiger partial charge in [-0.05, 0) is 219 Å². The van der Waals surface area contributed by atoms with Crippen LogP contribution in [0.1, 0.15) is 128 Å². The fourth-order valence-corrected chi connectivity index (χ4v) is 15.4. The van der Waals surface area contributed by atoms with Crippen molar-refractivity contribution in [3.8, 4) is 0 Å². The van der Waals surface area contributed by atoms with Crippen molar-refractivity contribution in [1.82, 2.24) is 51.5 Å². The zero-order chi connectivity index (χ0) is 76.1. The molecule has 0 aromatic rings. The van der Waals surface area contributed by atoms with Gasteiger partial charge in [-0.1, -0.05) is 13.8 Å². The van der Waals surface area contributed by atoms with Crippen LogP contribution < -0.4 is 72.0 Å². The van der Waals surface area contributed by atoms with E-state index in [0.29, 0.717) is 64.9 Å². The molecule has 4 saturated heterocycles. The molecule has 0 spiro atoms. The second-order valence-corrected chi connectivity index (χ2v) is 31.5. The summed E-state index contributed by atoms with van der Waals surface area (Å²) in [6.45, 7) is 60.3. The molecule has 0 bridgehead atoms. The van der Waals surface area contributed by atoms with Crippen molar-refractivity contribution < 1.29 is 45.8 Å². The monoisotopic (exact) mass is 1500 g/mol. The average molecular weight is 1500 g/mol. The first kappa shape index (κ1) is 111. The standard InChI is InChI=1S/C10H22N2O3.C9H23NO3Si.C8H20N2O2.C8H20N2.C8H21NO2Si.C7H16N2.C6H14N2.C6H16N2.C5H12N2.C3H9NS/c1-5-13-6-2-12-4-8-15-10-9-14-7-3-11-1;1-4-11-14(12-5-2,13-6-3)9-7-8-10;1-9-3-5-11-7-8-12-6-4-10-2;1-7(2)10(6-5-9)8(3)4;1-4-10-12(3,11-5-2)8-6-7-9;1-9-6-2-3-7(9)4-5-8;7-3-6-8-4-1-2-5-8;1-3-8(4-2)6-5-7;1-2-6-4-5-7-3-1;1-5-3-2-4/h11-12H,1-10H2;4-10H2,1-3H3;9-10H,3-8H2,1-2H3;7-8H,5-6,9H2,1-4H3;4-9H2,1-3H3;7H,2-6,8H2,1H3;1-7H2;3-7H2,1-2H3;6-7H,1-5H2;2-4H2,1H3. The third-order valence-corrected chi connectivity index (χ3v) is 22.2. The molecular formula is C70H173N17O10SSi2. The van der Waals surface area contributed by atoms with Crippen molar-refractivity contribution in [3.05, 3.63) is 0 Å². The summed E-state index contributed by atoms with van der Waals surface area (Å²) in [5.41, 5.74) is 37.6. The van der Waals surface area contributed by atoms with Gasteiger partial charge < -0.3 is 133 Å². The van der Waals surface area contributed by atoms with Gasteiger partial charge in [0, 0.05) is 161 Å². The van der Waals surface area contributed by atoms with Crippen LogP contribution in [-0.4, -0.2) is 351 Å². The van der Waals surface area contributed by atoms with Crippen LogP contribution in [0.25, 0.3) is 0 Å². The van der Waals surface area contributed by atoms with Gasteiger partial charge in [-0.25, -0.2) is 0 Å². The summed E-state index contributed by atoms with van der Waals surface area (Å²) >= 11 is 1.78. The Hall–Kier alpha value is -0.296. The van der Waals surface area contributed by atoms with Gasteiger partial charge in [0.1, 0.15) is 0 Å². The molecule has 0 amide bonds. The van der Waals surface area contributed by atoms with Crippen LogP contribution in [0.5, 0.6) is 0 Å². The SMILES string of the molecule is C1CNCCNC1.C1COCCNCCOCCOCCN1.CC(C)N(CCN)C(C)C.CCN(CC)CCN.CCO[Si](C)(CCCN)OCC.CCO[Si](CCCN)(OCC)OCC.CN1CCCC1CCN.CNCCOCCOCCNC.CSCCN.NCCN1CCCC1. The predicted octanol–water partition coefficient (Wildman–Crippen LogP) is 3.25. The fraction of sp³-hybridized carbons (Fsp3) is 1.00. The molecule has 0 aromatic carbocycles. The van der Waals surface area contributed by atoms with Crippen molar-refractivity contribution >= 4 is 29.1 Å². The van der Waals surface area contributed by atoms with E-state index in [1.807, 2.05) is 55.0 Å². The number of likely N-dealkylation sites (N-methyl/N-ethyl adjacent to an activating group) is 3. The molecule has 612 valence electrons. The lowest BCUT2D eigenvalue weighted by atomic mass is 10.1. The second-order valence-electron chi connectivity index (χ2n) is 24.4. The second kappa shape index (κ2) is 92.9. The summed E-state index contributed by atoms with van der Waals surface area (Å²) in [5, 5.41) is 19.1. The summed E-state index contributed by atoms with van der Waals surface area (Å²) in [7, 11) is 1.76. The lowest BCUT2D eigenvalue weighted by Crippen LogP contribution is -2.46. The third kappa shape index (κ3) is 85.0. The highest BCUT2D eigenvalue weighted by Crippen LogP contribution is 2.18. The first-order valence-corrected chi connectivity index (χ1v) is 44.8. The van der Waals surface area contributed by atoms with Crippen LogP contribution in [0.3, 0.4) is 0 Å². The number of nitrogens with zero attached hydrogens (tertiary/aromatic N) is 4. The molecule has 4 rings (SSSR count). The average Bonchev–Trinajstić information content (AvgIpc) is 1.21. The molecule has 20 N–H and O–H groups in total. The molecule has 4 aliphatic rings. The van der Waals surface area contributed by atoms with Gasteiger partial charge in [0.25, 0.3) is 0 Å². The van der Waals surface area contributed by atoms with E-state index in [9.17, 15) is 0 Å². The minimum Gasteiger partial charge on any atom is -0.395 e. The largest absolute Gasteiger partial charge is 0.500 e. The van der Waals surface area contributed by atoms with E-state index < -0.39 is 17.4 Å². The van der Waals surface area contributed by atoms with Crippen LogP contribution >= 0.6 is 11.8 Å². The maximum Gasteiger partial charge on any atom is 0.500 e. The number of nitrogens with two attached hydrogens (primary N) is 7. The molecule has 27 nitrogen and oxygen atoms in total. The van der Waals surface area contributed by atoms with Gasteiger partial charge in [-0.3, -0.25) is 4.90 Å².